The first-order valence-electron chi connectivity index (χ1n) is 8.32. The summed E-state index contributed by atoms with van der Waals surface area (Å²) < 4.78 is 16.6. The fourth-order valence-corrected chi connectivity index (χ4v) is 2.30. The van der Waals surface area contributed by atoms with Crippen LogP contribution in [0.5, 0.6) is 17.2 Å². The maximum Gasteiger partial charge on any atom is 0.263 e. The second-order valence-electron chi connectivity index (χ2n) is 6.43. The van der Waals surface area contributed by atoms with E-state index in [4.69, 9.17) is 25.8 Å². The molecule has 0 saturated carbocycles. The van der Waals surface area contributed by atoms with Crippen LogP contribution in [-0.2, 0) is 4.79 Å². The molecule has 1 amide bonds. The van der Waals surface area contributed by atoms with E-state index in [0.717, 1.165) is 5.75 Å². The van der Waals surface area contributed by atoms with Crippen molar-refractivity contribution in [3.63, 3.8) is 0 Å². The second kappa shape index (κ2) is 8.81. The van der Waals surface area contributed by atoms with Crippen molar-refractivity contribution in [3.05, 3.63) is 53.6 Å². The Balaban J connectivity index is 1.85. The number of methoxy groups -OCH3 is 1. The number of hydrogen-bond acceptors (Lipinski definition) is 4. The maximum absolute atomic E-state index is 12.5. The summed E-state index contributed by atoms with van der Waals surface area (Å²) in [6.07, 6.45) is 0. The summed E-state index contributed by atoms with van der Waals surface area (Å²) in [5.74, 6) is 1.83. The highest BCUT2D eigenvalue weighted by atomic mass is 35.5. The molecular formula is C20H24ClNO4. The number of amides is 1. The van der Waals surface area contributed by atoms with Crippen molar-refractivity contribution in [3.8, 4) is 17.2 Å². The Labute approximate surface area is 159 Å². The number of hydrogen-bond donors (Lipinski definition) is 1. The van der Waals surface area contributed by atoms with Crippen LogP contribution in [0.4, 0.5) is 0 Å². The second-order valence-corrected chi connectivity index (χ2v) is 6.86. The number of rotatable bonds is 8. The molecule has 0 aliphatic rings. The third-order valence-electron chi connectivity index (χ3n) is 3.67. The van der Waals surface area contributed by atoms with E-state index in [1.54, 1.807) is 45.2 Å². The molecule has 140 valence electrons. The predicted molar refractivity (Wildman–Crippen MR) is 102 cm³/mol. The monoisotopic (exact) mass is 377 g/mol. The molecule has 2 rings (SSSR count). The number of ether oxygens (including phenoxy) is 3. The molecule has 0 aromatic heterocycles. The SMILES string of the molecule is COc1ccc(OC[C@H](C)NC(=O)C(C)(C)Oc2ccc(Cl)cc2)cc1. The molecule has 0 aliphatic heterocycles. The minimum atomic E-state index is -1.03. The Morgan fingerprint density at radius 1 is 1.04 bits per heavy atom. The molecule has 0 spiro atoms. The fraction of sp³-hybridized carbons (Fsp3) is 0.350. The van der Waals surface area contributed by atoms with Crippen LogP contribution >= 0.6 is 11.6 Å². The van der Waals surface area contributed by atoms with Gasteiger partial charge in [-0.05, 0) is 69.3 Å². The third-order valence-corrected chi connectivity index (χ3v) is 3.92. The lowest BCUT2D eigenvalue weighted by atomic mass is 10.1. The van der Waals surface area contributed by atoms with Gasteiger partial charge in [-0.15, -0.1) is 0 Å². The zero-order chi connectivity index (χ0) is 19.2. The van der Waals surface area contributed by atoms with Gasteiger partial charge < -0.3 is 19.5 Å². The molecule has 1 N–H and O–H groups in total. The first kappa shape index (κ1) is 19.9. The maximum atomic E-state index is 12.5. The van der Waals surface area contributed by atoms with E-state index in [2.05, 4.69) is 5.32 Å². The summed E-state index contributed by atoms with van der Waals surface area (Å²) in [5.41, 5.74) is -1.03. The fourth-order valence-electron chi connectivity index (χ4n) is 2.18. The molecule has 26 heavy (non-hydrogen) atoms. The molecule has 0 saturated heterocycles. The minimum absolute atomic E-state index is 0.183. The van der Waals surface area contributed by atoms with Crippen molar-refractivity contribution in [2.45, 2.75) is 32.4 Å². The van der Waals surface area contributed by atoms with Gasteiger partial charge in [0, 0.05) is 5.02 Å². The molecule has 1 atom stereocenters. The average Bonchev–Trinajstić information content (AvgIpc) is 2.62. The van der Waals surface area contributed by atoms with Gasteiger partial charge in [-0.2, -0.15) is 0 Å². The van der Waals surface area contributed by atoms with E-state index in [-0.39, 0.29) is 11.9 Å². The van der Waals surface area contributed by atoms with E-state index >= 15 is 0 Å². The number of carbonyl (C=O) groups is 1. The molecule has 0 unspecified atom stereocenters. The van der Waals surface area contributed by atoms with Crippen molar-refractivity contribution >= 4 is 17.5 Å². The smallest absolute Gasteiger partial charge is 0.263 e. The molecule has 0 fully saturated rings. The van der Waals surface area contributed by atoms with Gasteiger partial charge in [-0.3, -0.25) is 4.79 Å². The van der Waals surface area contributed by atoms with Gasteiger partial charge in [0.05, 0.1) is 13.2 Å². The Hall–Kier alpha value is -2.40. The molecule has 0 aliphatic carbocycles. The zero-order valence-corrected chi connectivity index (χ0v) is 16.2. The lowest BCUT2D eigenvalue weighted by Crippen LogP contribution is -2.50. The molecule has 0 heterocycles. The minimum Gasteiger partial charge on any atom is -0.497 e. The number of carbonyl (C=O) groups excluding carboxylic acids is 1. The third kappa shape index (κ3) is 5.85. The summed E-state index contributed by atoms with van der Waals surface area (Å²) in [4.78, 5) is 12.5. The highest BCUT2D eigenvalue weighted by Gasteiger charge is 2.31. The van der Waals surface area contributed by atoms with E-state index in [0.29, 0.717) is 23.1 Å². The first-order chi connectivity index (χ1) is 12.3. The van der Waals surface area contributed by atoms with Crippen LogP contribution in [0.3, 0.4) is 0 Å². The number of benzene rings is 2. The molecule has 2 aromatic rings. The van der Waals surface area contributed by atoms with Gasteiger partial charge in [-0.1, -0.05) is 11.6 Å². The summed E-state index contributed by atoms with van der Waals surface area (Å²) in [6, 6.07) is 14.0. The summed E-state index contributed by atoms with van der Waals surface area (Å²) in [7, 11) is 1.61. The lowest BCUT2D eigenvalue weighted by Gasteiger charge is -2.27. The van der Waals surface area contributed by atoms with Gasteiger partial charge in [0.15, 0.2) is 5.60 Å². The van der Waals surface area contributed by atoms with Crippen LogP contribution in [0.2, 0.25) is 5.02 Å². The van der Waals surface area contributed by atoms with Crippen molar-refractivity contribution < 1.29 is 19.0 Å². The van der Waals surface area contributed by atoms with Gasteiger partial charge in [0.1, 0.15) is 23.9 Å². The van der Waals surface area contributed by atoms with Crippen molar-refractivity contribution in [2.75, 3.05) is 13.7 Å². The van der Waals surface area contributed by atoms with Crippen molar-refractivity contribution in [2.24, 2.45) is 0 Å². The summed E-state index contributed by atoms with van der Waals surface area (Å²) in [6.45, 7) is 5.65. The molecule has 6 heteroatoms. The normalized spacial score (nSPS) is 12.2. The summed E-state index contributed by atoms with van der Waals surface area (Å²) in [5, 5.41) is 3.52. The predicted octanol–water partition coefficient (Wildman–Crippen LogP) is 4.09. The Morgan fingerprint density at radius 2 is 1.58 bits per heavy atom. The topological polar surface area (TPSA) is 56.8 Å². The van der Waals surface area contributed by atoms with Crippen LogP contribution < -0.4 is 19.5 Å². The quantitative estimate of drug-likeness (QED) is 0.752. The Morgan fingerprint density at radius 3 is 2.15 bits per heavy atom. The first-order valence-corrected chi connectivity index (χ1v) is 8.70. The van der Waals surface area contributed by atoms with E-state index < -0.39 is 5.60 Å². The average molecular weight is 378 g/mol. The van der Waals surface area contributed by atoms with Gasteiger partial charge >= 0.3 is 0 Å². The van der Waals surface area contributed by atoms with Crippen LogP contribution in [0, 0.1) is 0 Å². The van der Waals surface area contributed by atoms with Gasteiger partial charge in [0.25, 0.3) is 5.91 Å². The van der Waals surface area contributed by atoms with Crippen LogP contribution in [-0.4, -0.2) is 31.3 Å². The molecule has 5 nitrogen and oxygen atoms in total. The Kier molecular flexibility index (Phi) is 6.75. The number of halogens is 1. The number of nitrogens with one attached hydrogen (secondary N) is 1. The summed E-state index contributed by atoms with van der Waals surface area (Å²) >= 11 is 5.86. The van der Waals surface area contributed by atoms with Gasteiger partial charge in [0.2, 0.25) is 0 Å². The van der Waals surface area contributed by atoms with Crippen molar-refractivity contribution in [1.29, 1.82) is 0 Å². The van der Waals surface area contributed by atoms with E-state index in [9.17, 15) is 4.79 Å². The lowest BCUT2D eigenvalue weighted by molar-refractivity contribution is -0.135. The Bertz CT molecular complexity index is 714. The van der Waals surface area contributed by atoms with Crippen molar-refractivity contribution in [1.82, 2.24) is 5.32 Å². The molecule has 0 bridgehead atoms. The van der Waals surface area contributed by atoms with Crippen LogP contribution in [0.25, 0.3) is 0 Å². The van der Waals surface area contributed by atoms with Gasteiger partial charge in [-0.25, -0.2) is 0 Å². The largest absolute Gasteiger partial charge is 0.497 e. The molecule has 0 radical (unpaired) electrons. The van der Waals surface area contributed by atoms with Crippen LogP contribution in [0.1, 0.15) is 20.8 Å². The molecular weight excluding hydrogens is 354 g/mol. The van der Waals surface area contributed by atoms with Crippen LogP contribution in [0.15, 0.2) is 48.5 Å². The van der Waals surface area contributed by atoms with E-state index in [1.165, 1.54) is 0 Å². The highest BCUT2D eigenvalue weighted by molar-refractivity contribution is 6.30. The van der Waals surface area contributed by atoms with E-state index in [1.807, 2.05) is 31.2 Å². The highest BCUT2D eigenvalue weighted by Crippen LogP contribution is 2.21. The molecule has 2 aromatic carbocycles. The standard InChI is InChI=1S/C20H24ClNO4/c1-14(13-25-17-11-9-16(24-4)10-12-17)22-19(23)20(2,3)26-18-7-5-15(21)6-8-18/h5-12,14H,13H2,1-4H3,(H,22,23)/t14-/m0/s1. The zero-order valence-electron chi connectivity index (χ0n) is 15.4.